The van der Waals surface area contributed by atoms with Crippen molar-refractivity contribution in [2.45, 2.75) is 44.7 Å². The minimum absolute atomic E-state index is 0.316. The Morgan fingerprint density at radius 2 is 2.08 bits per heavy atom. The number of hydrogen-bond donors (Lipinski definition) is 0. The number of aryl methyl sites for hydroxylation is 1. The normalized spacial score (nSPS) is 32.1. The number of fused-ring (bicyclic) bond motifs is 4. The third-order valence-electron chi connectivity index (χ3n) is 6.11. The van der Waals surface area contributed by atoms with Crippen molar-refractivity contribution in [1.29, 1.82) is 0 Å². The van der Waals surface area contributed by atoms with Gasteiger partial charge in [0.15, 0.2) is 0 Å². The van der Waals surface area contributed by atoms with E-state index in [9.17, 15) is 4.79 Å². The van der Waals surface area contributed by atoms with Crippen molar-refractivity contribution in [2.75, 3.05) is 38.6 Å². The van der Waals surface area contributed by atoms with Gasteiger partial charge in [0.2, 0.25) is 11.9 Å². The zero-order chi connectivity index (χ0) is 17.6. The molecule has 0 spiro atoms. The number of rotatable bonds is 3. The molecule has 0 aliphatic carbocycles. The molecule has 25 heavy (non-hydrogen) atoms. The first-order valence-electron chi connectivity index (χ1n) is 9.53. The molecule has 0 N–H and O–H groups in total. The summed E-state index contributed by atoms with van der Waals surface area (Å²) in [5, 5.41) is 0. The van der Waals surface area contributed by atoms with Crippen molar-refractivity contribution in [3.05, 3.63) is 18.0 Å². The number of hydrogen-bond acceptors (Lipinski definition) is 5. The molecular weight excluding hydrogens is 314 g/mol. The summed E-state index contributed by atoms with van der Waals surface area (Å²) in [7, 11) is 4.22. The first-order valence-corrected chi connectivity index (χ1v) is 9.53. The summed E-state index contributed by atoms with van der Waals surface area (Å²) in [5.41, 5.74) is 1.01. The van der Waals surface area contributed by atoms with Gasteiger partial charge in [-0.05, 0) is 58.2 Å². The second-order valence-corrected chi connectivity index (χ2v) is 8.25. The molecule has 0 radical (unpaired) electrons. The van der Waals surface area contributed by atoms with Crippen LogP contribution < -0.4 is 4.90 Å². The maximum Gasteiger partial charge on any atom is 0.225 e. The average molecular weight is 343 g/mol. The van der Waals surface area contributed by atoms with Crippen molar-refractivity contribution in [3.63, 3.8) is 0 Å². The van der Waals surface area contributed by atoms with Gasteiger partial charge in [0.1, 0.15) is 0 Å². The average Bonchev–Trinajstić information content (AvgIpc) is 2.58. The number of likely N-dealkylation sites (N-methyl/N-ethyl adjacent to an activating group) is 1. The molecule has 1 amide bonds. The van der Waals surface area contributed by atoms with E-state index in [1.54, 1.807) is 0 Å². The van der Waals surface area contributed by atoms with Crippen LogP contribution in [0.4, 0.5) is 5.95 Å². The highest BCUT2D eigenvalue weighted by Gasteiger charge is 2.49. The summed E-state index contributed by atoms with van der Waals surface area (Å²) in [6.45, 7) is 4.90. The van der Waals surface area contributed by atoms with Crippen LogP contribution in [0.1, 0.15) is 31.4 Å². The predicted molar refractivity (Wildman–Crippen MR) is 97.4 cm³/mol. The van der Waals surface area contributed by atoms with E-state index in [2.05, 4.69) is 38.8 Å². The van der Waals surface area contributed by atoms with Gasteiger partial charge in [0, 0.05) is 50.0 Å². The van der Waals surface area contributed by atoms with Crippen LogP contribution >= 0.6 is 0 Å². The van der Waals surface area contributed by atoms with Crippen molar-refractivity contribution < 1.29 is 4.79 Å². The molecule has 4 rings (SSSR count). The van der Waals surface area contributed by atoms with Gasteiger partial charge in [-0.1, -0.05) is 0 Å². The fraction of sp³-hybridized carbons (Fsp3) is 0.737. The lowest BCUT2D eigenvalue weighted by Crippen LogP contribution is -2.67. The molecule has 4 atom stereocenters. The minimum atomic E-state index is 0.316. The maximum atomic E-state index is 12.7. The lowest BCUT2D eigenvalue weighted by Gasteiger charge is -2.57. The number of amides is 1. The summed E-state index contributed by atoms with van der Waals surface area (Å²) in [4.78, 5) is 28.8. The van der Waals surface area contributed by atoms with E-state index in [1.807, 2.05) is 19.2 Å². The molecule has 3 aliphatic heterocycles. The van der Waals surface area contributed by atoms with Crippen LogP contribution in [-0.4, -0.2) is 71.5 Å². The van der Waals surface area contributed by atoms with Crippen LogP contribution in [-0.2, 0) is 4.79 Å². The number of piperidine rings is 3. The topological polar surface area (TPSA) is 52.6 Å². The Labute approximate surface area is 150 Å². The van der Waals surface area contributed by atoms with Gasteiger partial charge in [-0.25, -0.2) is 9.97 Å². The highest BCUT2D eigenvalue weighted by molar-refractivity contribution is 5.78. The molecule has 1 aromatic heterocycles. The molecule has 136 valence electrons. The maximum absolute atomic E-state index is 12.7. The van der Waals surface area contributed by atoms with Crippen LogP contribution in [0.3, 0.4) is 0 Å². The van der Waals surface area contributed by atoms with Crippen LogP contribution in [0.25, 0.3) is 0 Å². The summed E-state index contributed by atoms with van der Waals surface area (Å²) in [6.07, 6.45) is 6.00. The monoisotopic (exact) mass is 343 g/mol. The molecule has 3 fully saturated rings. The predicted octanol–water partition coefficient (Wildman–Crippen LogP) is 1.55. The fourth-order valence-electron chi connectivity index (χ4n) is 5.14. The van der Waals surface area contributed by atoms with Gasteiger partial charge in [-0.3, -0.25) is 4.79 Å². The molecule has 0 saturated carbocycles. The van der Waals surface area contributed by atoms with E-state index in [4.69, 9.17) is 0 Å². The van der Waals surface area contributed by atoms with Crippen molar-refractivity contribution >= 4 is 11.9 Å². The zero-order valence-corrected chi connectivity index (χ0v) is 15.6. The second-order valence-electron chi connectivity index (χ2n) is 8.25. The molecule has 4 heterocycles. The zero-order valence-electron chi connectivity index (χ0n) is 15.6. The number of carbonyl (C=O) groups excluding carboxylic acids is 1. The Balaban J connectivity index is 1.64. The highest BCUT2D eigenvalue weighted by atomic mass is 16.2. The number of carbonyl (C=O) groups is 1. The molecule has 2 bridgehead atoms. The molecule has 3 aliphatic rings. The number of nitrogens with zero attached hydrogens (tertiary/aromatic N) is 5. The first-order chi connectivity index (χ1) is 12.0. The summed E-state index contributed by atoms with van der Waals surface area (Å²) < 4.78 is 0. The number of anilines is 1. The largest absolute Gasteiger partial charge is 0.340 e. The molecular formula is C19H29N5O. The smallest absolute Gasteiger partial charge is 0.225 e. The van der Waals surface area contributed by atoms with Crippen molar-refractivity contribution in [2.24, 2.45) is 11.8 Å². The van der Waals surface area contributed by atoms with Gasteiger partial charge < -0.3 is 14.7 Å². The molecule has 0 aromatic carbocycles. The fourth-order valence-corrected chi connectivity index (χ4v) is 5.14. The quantitative estimate of drug-likeness (QED) is 0.833. The Morgan fingerprint density at radius 3 is 2.84 bits per heavy atom. The van der Waals surface area contributed by atoms with E-state index < -0.39 is 0 Å². The lowest BCUT2D eigenvalue weighted by molar-refractivity contribution is -0.149. The van der Waals surface area contributed by atoms with Crippen LogP contribution in [0.15, 0.2) is 12.3 Å². The Kier molecular flexibility index (Phi) is 4.40. The second kappa shape index (κ2) is 6.56. The van der Waals surface area contributed by atoms with Gasteiger partial charge in [-0.2, -0.15) is 0 Å². The summed E-state index contributed by atoms with van der Waals surface area (Å²) >= 11 is 0. The van der Waals surface area contributed by atoms with E-state index >= 15 is 0 Å². The Hall–Kier alpha value is -1.69. The molecule has 1 aromatic rings. The van der Waals surface area contributed by atoms with Gasteiger partial charge in [0.05, 0.1) is 0 Å². The first kappa shape index (κ1) is 16.8. The van der Waals surface area contributed by atoms with Crippen molar-refractivity contribution in [3.8, 4) is 0 Å². The lowest BCUT2D eigenvalue weighted by atomic mass is 9.72. The Bertz CT molecular complexity index is 648. The van der Waals surface area contributed by atoms with E-state index in [0.29, 0.717) is 29.8 Å². The molecule has 6 nitrogen and oxygen atoms in total. The van der Waals surface area contributed by atoms with Crippen LogP contribution in [0, 0.1) is 18.8 Å². The van der Waals surface area contributed by atoms with E-state index in [-0.39, 0.29) is 0 Å². The van der Waals surface area contributed by atoms with Gasteiger partial charge in [0.25, 0.3) is 0 Å². The SMILES string of the molecule is Cc1ccnc(N2C[C@H]3C[C@@H](C2)[C@H](CN(C)C)N2C(=O)CCC[C@@H]32)n1. The third kappa shape index (κ3) is 3.12. The summed E-state index contributed by atoms with van der Waals surface area (Å²) in [5.74, 6) is 2.28. The van der Waals surface area contributed by atoms with E-state index in [1.165, 1.54) is 6.42 Å². The number of aromatic nitrogens is 2. The van der Waals surface area contributed by atoms with Gasteiger partial charge in [-0.15, -0.1) is 0 Å². The minimum Gasteiger partial charge on any atom is -0.340 e. The molecule has 3 saturated heterocycles. The summed E-state index contributed by atoms with van der Waals surface area (Å²) in [6, 6.07) is 2.66. The Morgan fingerprint density at radius 1 is 1.28 bits per heavy atom. The highest BCUT2D eigenvalue weighted by Crippen LogP contribution is 2.42. The van der Waals surface area contributed by atoms with Crippen molar-refractivity contribution in [1.82, 2.24) is 19.8 Å². The molecule has 6 heteroatoms. The molecule has 0 unspecified atom stereocenters. The van der Waals surface area contributed by atoms with Crippen LogP contribution in [0.5, 0.6) is 0 Å². The standard InChI is InChI=1S/C19H29N5O/c1-13-7-8-20-19(21-13)23-10-14-9-15(11-23)17(12-22(2)3)24-16(14)5-4-6-18(24)25/h7-8,14-17H,4-6,9-12H2,1-3H3/t14-,15+,16+,17+/m1/s1. The van der Waals surface area contributed by atoms with Crippen LogP contribution in [0.2, 0.25) is 0 Å². The van der Waals surface area contributed by atoms with Gasteiger partial charge >= 0.3 is 0 Å². The third-order valence-corrected chi connectivity index (χ3v) is 6.11. The van der Waals surface area contributed by atoms with E-state index in [0.717, 1.165) is 50.5 Å².